The number of aryl methyl sites for hydroxylation is 1. The summed E-state index contributed by atoms with van der Waals surface area (Å²) >= 11 is 1.51. The maximum Gasteiger partial charge on any atom is 0.407 e. The molecule has 2 heterocycles. The molecule has 0 bridgehead atoms. The first kappa shape index (κ1) is 25.3. The average molecular weight is 507 g/mol. The fourth-order valence-electron chi connectivity index (χ4n) is 4.40. The molecule has 0 radical (unpaired) electrons. The van der Waals surface area contributed by atoms with Crippen molar-refractivity contribution in [3.63, 3.8) is 0 Å². The van der Waals surface area contributed by atoms with Crippen molar-refractivity contribution in [2.75, 3.05) is 11.9 Å². The van der Waals surface area contributed by atoms with Crippen LogP contribution in [0.4, 0.5) is 9.80 Å². The normalized spacial score (nSPS) is 15.4. The van der Waals surface area contributed by atoms with Gasteiger partial charge in [0.25, 0.3) is 0 Å². The third-order valence-corrected chi connectivity index (χ3v) is 7.63. The van der Waals surface area contributed by atoms with Gasteiger partial charge in [-0.2, -0.15) is 0 Å². The highest BCUT2D eigenvalue weighted by atomic mass is 32.1. The number of nitrogens with zero attached hydrogens (tertiary/aromatic N) is 2. The summed E-state index contributed by atoms with van der Waals surface area (Å²) in [6, 6.07) is 6.96. The van der Waals surface area contributed by atoms with E-state index in [4.69, 9.17) is 11.2 Å². The number of nitrogens with one attached hydrogen (secondary N) is 2. The summed E-state index contributed by atoms with van der Waals surface area (Å²) in [7, 11) is 1.87. The van der Waals surface area contributed by atoms with Crippen LogP contribution in [-0.4, -0.2) is 33.3 Å². The zero-order valence-electron chi connectivity index (χ0n) is 20.4. The largest absolute Gasteiger partial charge is 0.508 e. The molecule has 188 valence electrons. The number of rotatable bonds is 8. The third-order valence-electron chi connectivity index (χ3n) is 6.46. The molecule has 0 fully saturated rings. The summed E-state index contributed by atoms with van der Waals surface area (Å²) in [4.78, 5) is 30.2. The number of imidazole rings is 1. The van der Waals surface area contributed by atoms with E-state index in [1.165, 1.54) is 11.3 Å². The van der Waals surface area contributed by atoms with Gasteiger partial charge in [0.15, 0.2) is 0 Å². The number of alkyl carbamates (subject to hydrolysis) is 1. The number of thiophene rings is 1. The molecule has 0 spiro atoms. The number of anilines is 1. The lowest BCUT2D eigenvalue weighted by atomic mass is 9.87. The smallest absolute Gasteiger partial charge is 0.407 e. The van der Waals surface area contributed by atoms with Gasteiger partial charge in [0.05, 0.1) is 18.7 Å². The molecule has 0 saturated heterocycles. The second-order valence-corrected chi connectivity index (χ2v) is 10.2. The van der Waals surface area contributed by atoms with Crippen molar-refractivity contribution in [2.24, 2.45) is 13.0 Å². The van der Waals surface area contributed by atoms with Crippen LogP contribution in [-0.2, 0) is 36.0 Å². The number of amides is 2. The van der Waals surface area contributed by atoms with Crippen LogP contribution >= 0.6 is 11.3 Å². The number of terminal acetylenes is 1. The van der Waals surface area contributed by atoms with Gasteiger partial charge in [-0.25, -0.2) is 9.78 Å². The number of ether oxygens (including phenoxy) is 1. The number of hydrogen-bond acceptors (Lipinski definition) is 6. The Morgan fingerprint density at radius 1 is 1.42 bits per heavy atom. The molecule has 36 heavy (non-hydrogen) atoms. The zero-order chi connectivity index (χ0) is 25.7. The van der Waals surface area contributed by atoms with Gasteiger partial charge < -0.3 is 25.0 Å². The molecule has 9 heteroatoms. The lowest BCUT2D eigenvalue weighted by Gasteiger charge is -2.22. The van der Waals surface area contributed by atoms with Gasteiger partial charge in [0.2, 0.25) is 5.91 Å². The van der Waals surface area contributed by atoms with Gasteiger partial charge in [-0.1, -0.05) is 25.0 Å². The summed E-state index contributed by atoms with van der Waals surface area (Å²) in [5.41, 5.74) is 2.76. The van der Waals surface area contributed by atoms with Gasteiger partial charge in [0.1, 0.15) is 16.6 Å². The minimum atomic E-state index is -0.465. The van der Waals surface area contributed by atoms with E-state index in [9.17, 15) is 14.7 Å². The molecular formula is C27H30N4O4S. The van der Waals surface area contributed by atoms with Crippen molar-refractivity contribution < 1.29 is 19.4 Å². The SMILES string of the molecule is C#Cc1c(NC(=O)CC(C)c2cccc(O)c2)sc2c1CCC(COC(=O)NCc1nccn1C)C2. The highest BCUT2D eigenvalue weighted by Crippen LogP contribution is 2.39. The van der Waals surface area contributed by atoms with Crippen LogP contribution in [0.2, 0.25) is 0 Å². The van der Waals surface area contributed by atoms with Crippen LogP contribution in [0, 0.1) is 18.3 Å². The molecule has 3 N–H and O–H groups in total. The topological polar surface area (TPSA) is 105 Å². The minimum Gasteiger partial charge on any atom is -0.508 e. The Morgan fingerprint density at radius 3 is 2.97 bits per heavy atom. The van der Waals surface area contributed by atoms with E-state index in [1.807, 2.05) is 30.8 Å². The Hall–Kier alpha value is -3.77. The van der Waals surface area contributed by atoms with Gasteiger partial charge in [-0.05, 0) is 54.4 Å². The van der Waals surface area contributed by atoms with Crippen molar-refractivity contribution in [1.82, 2.24) is 14.9 Å². The monoisotopic (exact) mass is 506 g/mol. The van der Waals surface area contributed by atoms with Crippen molar-refractivity contribution in [1.29, 1.82) is 0 Å². The van der Waals surface area contributed by atoms with E-state index in [2.05, 4.69) is 21.5 Å². The molecule has 0 saturated carbocycles. The molecule has 2 atom stereocenters. The maximum absolute atomic E-state index is 12.8. The molecule has 2 unspecified atom stereocenters. The molecule has 0 aliphatic heterocycles. The van der Waals surface area contributed by atoms with Gasteiger partial charge in [-0.3, -0.25) is 4.79 Å². The van der Waals surface area contributed by atoms with Crippen LogP contribution in [0.5, 0.6) is 5.75 Å². The predicted octanol–water partition coefficient (Wildman–Crippen LogP) is 4.33. The van der Waals surface area contributed by atoms with Crippen LogP contribution in [0.25, 0.3) is 0 Å². The van der Waals surface area contributed by atoms with E-state index < -0.39 is 6.09 Å². The average Bonchev–Trinajstić information content (AvgIpc) is 3.42. The fourth-order valence-corrected chi connectivity index (χ4v) is 5.75. The number of benzene rings is 1. The number of carbonyl (C=O) groups excluding carboxylic acids is 2. The van der Waals surface area contributed by atoms with E-state index in [-0.39, 0.29) is 29.9 Å². The van der Waals surface area contributed by atoms with Gasteiger partial charge in [0, 0.05) is 30.7 Å². The third kappa shape index (κ3) is 6.07. The molecule has 1 aromatic carbocycles. The zero-order valence-corrected chi connectivity index (χ0v) is 21.2. The van der Waals surface area contributed by atoms with Gasteiger partial charge in [-0.15, -0.1) is 17.8 Å². The number of hydrogen-bond donors (Lipinski definition) is 3. The van der Waals surface area contributed by atoms with Gasteiger partial charge >= 0.3 is 6.09 Å². The summed E-state index contributed by atoms with van der Waals surface area (Å²) in [5, 5.41) is 16.1. The summed E-state index contributed by atoms with van der Waals surface area (Å²) < 4.78 is 7.29. The Labute approximate surface area is 214 Å². The van der Waals surface area contributed by atoms with Crippen molar-refractivity contribution in [3.8, 4) is 18.1 Å². The molecule has 2 aromatic heterocycles. The lowest BCUT2D eigenvalue weighted by Crippen LogP contribution is -2.28. The number of carbonyl (C=O) groups is 2. The van der Waals surface area contributed by atoms with Crippen molar-refractivity contribution in [2.45, 2.75) is 45.1 Å². The highest BCUT2D eigenvalue weighted by molar-refractivity contribution is 7.16. The quantitative estimate of drug-likeness (QED) is 0.395. The summed E-state index contributed by atoms with van der Waals surface area (Å²) in [6.07, 6.45) is 11.5. The first-order valence-corrected chi connectivity index (χ1v) is 12.7. The second kappa shape index (κ2) is 11.3. The minimum absolute atomic E-state index is 0.0500. The fraction of sp³-hybridized carbons (Fsp3) is 0.370. The first-order chi connectivity index (χ1) is 17.3. The standard InChI is InChI=1S/C27H30N4O4S/c1-4-21-22-9-8-18(16-35-27(34)29-15-24-28-10-11-31(24)3)13-23(22)36-26(21)30-25(33)12-17(2)19-6-5-7-20(32)14-19/h1,5-7,10-11,14,17-18,32H,8-9,12-13,15-16H2,2-3H3,(H,29,34)(H,30,33). The van der Waals surface area contributed by atoms with Crippen LogP contribution in [0.3, 0.4) is 0 Å². The second-order valence-electron chi connectivity index (χ2n) is 9.12. The number of phenolic OH excluding ortho intramolecular Hbond substituents is 1. The Balaban J connectivity index is 1.31. The predicted molar refractivity (Wildman–Crippen MR) is 139 cm³/mol. The number of fused-ring (bicyclic) bond motifs is 1. The van der Waals surface area contributed by atoms with E-state index in [0.29, 0.717) is 18.2 Å². The molecule has 1 aliphatic rings. The number of aromatic nitrogens is 2. The lowest BCUT2D eigenvalue weighted by molar-refractivity contribution is -0.116. The molecule has 8 nitrogen and oxygen atoms in total. The van der Waals surface area contributed by atoms with Crippen LogP contribution in [0.1, 0.15) is 53.1 Å². The highest BCUT2D eigenvalue weighted by Gasteiger charge is 2.27. The number of phenols is 1. The van der Waals surface area contributed by atoms with E-state index >= 15 is 0 Å². The van der Waals surface area contributed by atoms with E-state index in [1.54, 1.807) is 24.4 Å². The maximum atomic E-state index is 12.8. The molecule has 2 amide bonds. The summed E-state index contributed by atoms with van der Waals surface area (Å²) in [6.45, 7) is 2.58. The molecule has 3 aromatic rings. The Morgan fingerprint density at radius 2 is 2.25 bits per heavy atom. The Kier molecular flexibility index (Phi) is 7.96. The first-order valence-electron chi connectivity index (χ1n) is 11.9. The number of aromatic hydroxyl groups is 1. The Bertz CT molecular complexity index is 1290. The van der Waals surface area contributed by atoms with Crippen LogP contribution < -0.4 is 10.6 Å². The summed E-state index contributed by atoms with van der Waals surface area (Å²) in [5.74, 6) is 3.72. The molecular weight excluding hydrogens is 476 g/mol. The van der Waals surface area contributed by atoms with E-state index in [0.717, 1.165) is 46.7 Å². The molecule has 1 aliphatic carbocycles. The van der Waals surface area contributed by atoms with Crippen molar-refractivity contribution in [3.05, 3.63) is 64.1 Å². The van der Waals surface area contributed by atoms with Crippen molar-refractivity contribution >= 4 is 28.3 Å². The molecule has 4 rings (SSSR count). The van der Waals surface area contributed by atoms with Crippen LogP contribution in [0.15, 0.2) is 36.7 Å².